The number of likely N-dealkylation sites (tertiary alicyclic amines) is 1. The summed E-state index contributed by atoms with van der Waals surface area (Å²) in [6, 6.07) is -0.390. The van der Waals surface area contributed by atoms with Crippen LogP contribution in [0.5, 0.6) is 0 Å². The van der Waals surface area contributed by atoms with Crippen LogP contribution < -0.4 is 5.32 Å². The van der Waals surface area contributed by atoms with Crippen molar-refractivity contribution in [1.82, 2.24) is 15.1 Å². The number of amides is 3. The number of hydrogen-bond donors (Lipinski definition) is 1. The van der Waals surface area contributed by atoms with E-state index in [-0.39, 0.29) is 36.9 Å². The van der Waals surface area contributed by atoms with E-state index in [4.69, 9.17) is 0 Å². The summed E-state index contributed by atoms with van der Waals surface area (Å²) >= 11 is 0. The molecule has 0 bridgehead atoms. The van der Waals surface area contributed by atoms with E-state index in [0.717, 1.165) is 30.8 Å². The van der Waals surface area contributed by atoms with Gasteiger partial charge in [-0.05, 0) is 19.8 Å². The minimum Gasteiger partial charge on any atom is -0.341 e. The van der Waals surface area contributed by atoms with Crippen molar-refractivity contribution in [1.29, 1.82) is 0 Å². The van der Waals surface area contributed by atoms with Gasteiger partial charge < -0.3 is 4.90 Å². The van der Waals surface area contributed by atoms with Crippen LogP contribution in [0.4, 0.5) is 0 Å². The summed E-state index contributed by atoms with van der Waals surface area (Å²) in [7, 11) is 0. The predicted molar refractivity (Wildman–Crippen MR) is 60.0 cm³/mol. The topological polar surface area (TPSA) is 69.7 Å². The maximum atomic E-state index is 11.9. The van der Waals surface area contributed by atoms with E-state index < -0.39 is 0 Å². The fourth-order valence-corrected chi connectivity index (χ4v) is 2.15. The standard InChI is InChI=1S/C11H17N3O3/c1-8-11(17)14(9(15)6-12-8)7-10(16)13-4-2-3-5-13/h8,12H,2-7H2,1H3. The molecule has 3 amide bonds. The molecule has 94 valence electrons. The number of carbonyl (C=O) groups is 3. The first-order valence-corrected chi connectivity index (χ1v) is 5.95. The highest BCUT2D eigenvalue weighted by molar-refractivity contribution is 6.03. The van der Waals surface area contributed by atoms with Crippen molar-refractivity contribution in [3.05, 3.63) is 0 Å². The summed E-state index contributed by atoms with van der Waals surface area (Å²) in [5, 5.41) is 2.79. The molecule has 0 aromatic rings. The first kappa shape index (κ1) is 12.0. The molecule has 2 rings (SSSR count). The minimum atomic E-state index is -0.390. The third-order valence-corrected chi connectivity index (χ3v) is 3.25. The smallest absolute Gasteiger partial charge is 0.246 e. The molecule has 2 heterocycles. The van der Waals surface area contributed by atoms with Gasteiger partial charge in [0.15, 0.2) is 0 Å². The number of imide groups is 1. The first-order valence-electron chi connectivity index (χ1n) is 5.95. The van der Waals surface area contributed by atoms with Crippen molar-refractivity contribution in [3.63, 3.8) is 0 Å². The summed E-state index contributed by atoms with van der Waals surface area (Å²) < 4.78 is 0. The van der Waals surface area contributed by atoms with Crippen molar-refractivity contribution in [2.75, 3.05) is 26.2 Å². The molecule has 0 saturated carbocycles. The van der Waals surface area contributed by atoms with Crippen molar-refractivity contribution < 1.29 is 14.4 Å². The monoisotopic (exact) mass is 239 g/mol. The normalized spacial score (nSPS) is 25.6. The van der Waals surface area contributed by atoms with E-state index in [1.165, 1.54) is 0 Å². The molecule has 0 spiro atoms. The van der Waals surface area contributed by atoms with E-state index in [1.807, 2.05) is 0 Å². The van der Waals surface area contributed by atoms with Crippen LogP contribution >= 0.6 is 0 Å². The number of piperazine rings is 1. The summed E-state index contributed by atoms with van der Waals surface area (Å²) in [6.45, 7) is 3.19. The van der Waals surface area contributed by atoms with E-state index in [9.17, 15) is 14.4 Å². The summed E-state index contributed by atoms with van der Waals surface area (Å²) in [4.78, 5) is 38.0. The van der Waals surface area contributed by atoms with Crippen LogP contribution in [0.1, 0.15) is 19.8 Å². The average Bonchev–Trinajstić information content (AvgIpc) is 2.83. The van der Waals surface area contributed by atoms with Crippen LogP contribution in [-0.2, 0) is 14.4 Å². The van der Waals surface area contributed by atoms with Crippen LogP contribution in [0.25, 0.3) is 0 Å². The molecule has 17 heavy (non-hydrogen) atoms. The zero-order valence-corrected chi connectivity index (χ0v) is 9.94. The predicted octanol–water partition coefficient (Wildman–Crippen LogP) is -1.04. The van der Waals surface area contributed by atoms with Gasteiger partial charge in [-0.15, -0.1) is 0 Å². The Labute approximate surface area is 99.9 Å². The van der Waals surface area contributed by atoms with Crippen molar-refractivity contribution in [3.8, 4) is 0 Å². The highest BCUT2D eigenvalue weighted by atomic mass is 16.2. The maximum absolute atomic E-state index is 11.9. The average molecular weight is 239 g/mol. The molecule has 2 saturated heterocycles. The highest BCUT2D eigenvalue weighted by Crippen LogP contribution is 2.09. The molecule has 0 aromatic carbocycles. The quantitative estimate of drug-likeness (QED) is 0.625. The number of hydrogen-bond acceptors (Lipinski definition) is 4. The van der Waals surface area contributed by atoms with E-state index in [1.54, 1.807) is 11.8 Å². The molecule has 0 radical (unpaired) electrons. The Balaban J connectivity index is 1.98. The second kappa shape index (κ2) is 4.83. The van der Waals surface area contributed by atoms with Gasteiger partial charge in [0, 0.05) is 13.1 Å². The number of nitrogens with one attached hydrogen (secondary N) is 1. The van der Waals surface area contributed by atoms with Crippen LogP contribution in [0.15, 0.2) is 0 Å². The Morgan fingerprint density at radius 3 is 2.65 bits per heavy atom. The second-order valence-electron chi connectivity index (χ2n) is 4.51. The Morgan fingerprint density at radius 2 is 2.00 bits per heavy atom. The van der Waals surface area contributed by atoms with Gasteiger partial charge in [-0.1, -0.05) is 0 Å². The molecule has 2 aliphatic rings. The fraction of sp³-hybridized carbons (Fsp3) is 0.727. The van der Waals surface area contributed by atoms with Gasteiger partial charge >= 0.3 is 0 Å². The molecular weight excluding hydrogens is 222 g/mol. The van der Waals surface area contributed by atoms with Gasteiger partial charge in [0.2, 0.25) is 17.7 Å². The zero-order chi connectivity index (χ0) is 12.4. The van der Waals surface area contributed by atoms with E-state index in [0.29, 0.717) is 0 Å². The van der Waals surface area contributed by atoms with Gasteiger partial charge in [0.1, 0.15) is 6.54 Å². The molecule has 1 N–H and O–H groups in total. The lowest BCUT2D eigenvalue weighted by Gasteiger charge is -2.30. The van der Waals surface area contributed by atoms with Crippen LogP contribution in [0.3, 0.4) is 0 Å². The van der Waals surface area contributed by atoms with Crippen molar-refractivity contribution >= 4 is 17.7 Å². The molecule has 2 fully saturated rings. The molecule has 6 nitrogen and oxygen atoms in total. The summed E-state index contributed by atoms with van der Waals surface area (Å²) in [5.74, 6) is -0.757. The van der Waals surface area contributed by atoms with Crippen LogP contribution in [-0.4, -0.2) is 59.7 Å². The van der Waals surface area contributed by atoms with Crippen LogP contribution in [0, 0.1) is 0 Å². The molecule has 6 heteroatoms. The Morgan fingerprint density at radius 1 is 1.35 bits per heavy atom. The molecule has 0 aliphatic carbocycles. The first-order chi connectivity index (χ1) is 8.09. The maximum Gasteiger partial charge on any atom is 0.246 e. The number of rotatable bonds is 2. The third kappa shape index (κ3) is 2.46. The largest absolute Gasteiger partial charge is 0.341 e. The zero-order valence-electron chi connectivity index (χ0n) is 9.94. The summed E-state index contributed by atoms with van der Waals surface area (Å²) in [5.41, 5.74) is 0. The SMILES string of the molecule is CC1NCC(=O)N(CC(=O)N2CCCC2)C1=O. The Bertz CT molecular complexity index is 350. The molecule has 2 aliphatic heterocycles. The molecule has 1 unspecified atom stereocenters. The van der Waals surface area contributed by atoms with E-state index in [2.05, 4.69) is 5.32 Å². The second-order valence-corrected chi connectivity index (χ2v) is 4.51. The Hall–Kier alpha value is -1.43. The van der Waals surface area contributed by atoms with Crippen molar-refractivity contribution in [2.24, 2.45) is 0 Å². The molecular formula is C11H17N3O3. The lowest BCUT2D eigenvalue weighted by atomic mass is 10.2. The van der Waals surface area contributed by atoms with Gasteiger partial charge in [-0.2, -0.15) is 0 Å². The number of carbonyl (C=O) groups excluding carboxylic acids is 3. The lowest BCUT2D eigenvalue weighted by molar-refractivity contribution is -0.153. The fourth-order valence-electron chi connectivity index (χ4n) is 2.15. The third-order valence-electron chi connectivity index (χ3n) is 3.25. The molecule has 1 atom stereocenters. The van der Waals surface area contributed by atoms with Gasteiger partial charge in [-0.3, -0.25) is 24.6 Å². The van der Waals surface area contributed by atoms with Gasteiger partial charge in [0.25, 0.3) is 0 Å². The minimum absolute atomic E-state index is 0.107. The Kier molecular flexibility index (Phi) is 3.42. The summed E-state index contributed by atoms with van der Waals surface area (Å²) in [6.07, 6.45) is 2.01. The van der Waals surface area contributed by atoms with Crippen LogP contribution in [0.2, 0.25) is 0 Å². The number of nitrogens with zero attached hydrogens (tertiary/aromatic N) is 2. The van der Waals surface area contributed by atoms with Gasteiger partial charge in [0.05, 0.1) is 12.6 Å². The lowest BCUT2D eigenvalue weighted by Crippen LogP contribution is -2.59. The van der Waals surface area contributed by atoms with E-state index >= 15 is 0 Å². The van der Waals surface area contributed by atoms with Gasteiger partial charge in [-0.25, -0.2) is 0 Å². The van der Waals surface area contributed by atoms with Crippen molar-refractivity contribution in [2.45, 2.75) is 25.8 Å². The highest BCUT2D eigenvalue weighted by Gasteiger charge is 2.33. The molecule has 0 aromatic heterocycles.